The molecule has 10 heavy (non-hydrogen) atoms. The van der Waals surface area contributed by atoms with Crippen LogP contribution in [-0.4, -0.2) is 17.2 Å². The first-order valence-corrected chi connectivity index (χ1v) is 3.10. The highest BCUT2D eigenvalue weighted by atomic mass is 16.1. The van der Waals surface area contributed by atoms with Crippen LogP contribution >= 0.6 is 0 Å². The van der Waals surface area contributed by atoms with Crippen LogP contribution in [0.5, 0.6) is 0 Å². The Bertz CT molecular complexity index is 226. The van der Waals surface area contributed by atoms with E-state index in [1.807, 2.05) is 19.9 Å². The molecule has 0 atom stereocenters. The maximum Gasteiger partial charge on any atom is 0.266 e. The third kappa shape index (κ3) is 1.23. The van der Waals surface area contributed by atoms with Gasteiger partial charge in [-0.15, -0.1) is 0 Å². The normalized spacial score (nSPS) is 20.8. The van der Waals surface area contributed by atoms with Crippen molar-refractivity contribution in [1.29, 1.82) is 0 Å². The third-order valence-corrected chi connectivity index (χ3v) is 1.31. The highest BCUT2D eigenvalue weighted by Gasteiger charge is 2.20. The van der Waals surface area contributed by atoms with Crippen molar-refractivity contribution < 1.29 is 4.79 Å². The molecule has 0 unspecified atom stereocenters. The van der Waals surface area contributed by atoms with Gasteiger partial charge in [0.05, 0.1) is 5.54 Å². The van der Waals surface area contributed by atoms with Crippen LogP contribution in [0.1, 0.15) is 13.8 Å². The summed E-state index contributed by atoms with van der Waals surface area (Å²) in [6.07, 6.45) is 3.51. The largest absolute Gasteiger partial charge is 0.364 e. The van der Waals surface area contributed by atoms with Crippen LogP contribution in [0.2, 0.25) is 0 Å². The molecule has 0 aromatic rings. The second-order valence-electron chi connectivity index (χ2n) is 2.85. The van der Waals surface area contributed by atoms with Gasteiger partial charge in [0.25, 0.3) is 5.91 Å². The molecule has 3 nitrogen and oxygen atoms in total. The van der Waals surface area contributed by atoms with Gasteiger partial charge in [-0.3, -0.25) is 9.79 Å². The average Bonchev–Trinajstić information content (AvgIpc) is 2.10. The number of nitrogens with two attached hydrogens (primary N) is 1. The fraction of sp³-hybridized carbons (Fsp3) is 0.429. The van der Waals surface area contributed by atoms with Crippen molar-refractivity contribution in [3.63, 3.8) is 0 Å². The van der Waals surface area contributed by atoms with Crippen molar-refractivity contribution in [3.05, 3.63) is 12.2 Å². The molecule has 0 saturated carbocycles. The molecule has 54 valence electrons. The van der Waals surface area contributed by atoms with Crippen LogP contribution in [0.4, 0.5) is 0 Å². The van der Waals surface area contributed by atoms with E-state index in [1.54, 1.807) is 6.08 Å². The zero-order chi connectivity index (χ0) is 7.78. The van der Waals surface area contributed by atoms with Crippen LogP contribution in [0, 0.1) is 0 Å². The molecule has 0 saturated heterocycles. The zero-order valence-corrected chi connectivity index (χ0v) is 6.09. The summed E-state index contributed by atoms with van der Waals surface area (Å²) in [5.41, 5.74) is 5.12. The zero-order valence-electron chi connectivity index (χ0n) is 6.09. The van der Waals surface area contributed by atoms with Gasteiger partial charge in [0.15, 0.2) is 0 Å². The van der Waals surface area contributed by atoms with Crippen LogP contribution in [0.25, 0.3) is 0 Å². The Morgan fingerprint density at radius 2 is 2.30 bits per heavy atom. The van der Waals surface area contributed by atoms with Gasteiger partial charge in [-0.2, -0.15) is 0 Å². The molecule has 0 bridgehead atoms. The molecule has 0 radical (unpaired) electrons. The Morgan fingerprint density at radius 1 is 1.70 bits per heavy atom. The minimum Gasteiger partial charge on any atom is -0.364 e. The molecule has 0 spiro atoms. The molecule has 1 aliphatic rings. The van der Waals surface area contributed by atoms with Crippen LogP contribution in [-0.2, 0) is 4.79 Å². The van der Waals surface area contributed by atoms with Crippen LogP contribution < -0.4 is 5.73 Å². The first-order chi connectivity index (χ1) is 4.51. The molecular formula is C7H10N2O. The molecule has 3 heteroatoms. The summed E-state index contributed by atoms with van der Waals surface area (Å²) in [6.45, 7) is 3.83. The first kappa shape index (κ1) is 6.99. The van der Waals surface area contributed by atoms with E-state index in [2.05, 4.69) is 4.99 Å². The van der Waals surface area contributed by atoms with Gasteiger partial charge in [-0.25, -0.2) is 0 Å². The van der Waals surface area contributed by atoms with Gasteiger partial charge >= 0.3 is 0 Å². The molecule has 0 aromatic carbocycles. The standard InChI is InChI=1S/C7H10N2O/c1-7(2)4-3-5(9-7)6(8)10/h3-4H,1-2H3,(H2,8,10). The molecule has 1 rings (SSSR count). The fourth-order valence-corrected chi connectivity index (χ4v) is 0.805. The summed E-state index contributed by atoms with van der Waals surface area (Å²) in [4.78, 5) is 14.6. The van der Waals surface area contributed by atoms with E-state index in [9.17, 15) is 4.79 Å². The highest BCUT2D eigenvalue weighted by molar-refractivity contribution is 6.43. The number of nitrogens with zero attached hydrogens (tertiary/aromatic N) is 1. The van der Waals surface area contributed by atoms with Crippen molar-refractivity contribution in [2.45, 2.75) is 19.4 Å². The van der Waals surface area contributed by atoms with Crippen LogP contribution in [0.3, 0.4) is 0 Å². The Morgan fingerprint density at radius 3 is 2.50 bits per heavy atom. The first-order valence-electron chi connectivity index (χ1n) is 3.10. The lowest BCUT2D eigenvalue weighted by Gasteiger charge is -2.08. The molecule has 2 N–H and O–H groups in total. The minimum atomic E-state index is -0.457. The maximum atomic E-state index is 10.5. The summed E-state index contributed by atoms with van der Waals surface area (Å²) < 4.78 is 0. The van der Waals surface area contributed by atoms with E-state index in [1.165, 1.54) is 0 Å². The lowest BCUT2D eigenvalue weighted by molar-refractivity contribution is -0.111. The van der Waals surface area contributed by atoms with Crippen molar-refractivity contribution in [3.8, 4) is 0 Å². The van der Waals surface area contributed by atoms with E-state index in [0.717, 1.165) is 0 Å². The summed E-state index contributed by atoms with van der Waals surface area (Å²) in [5.74, 6) is -0.457. The van der Waals surface area contributed by atoms with E-state index < -0.39 is 5.91 Å². The average molecular weight is 138 g/mol. The Labute approximate surface area is 59.6 Å². The van der Waals surface area contributed by atoms with Crippen molar-refractivity contribution >= 4 is 11.6 Å². The van der Waals surface area contributed by atoms with E-state index in [0.29, 0.717) is 5.71 Å². The van der Waals surface area contributed by atoms with Crippen LogP contribution in [0.15, 0.2) is 17.1 Å². The number of primary amides is 1. The van der Waals surface area contributed by atoms with Gasteiger partial charge in [0.2, 0.25) is 0 Å². The number of aliphatic imine (C=N–C) groups is 1. The second-order valence-corrected chi connectivity index (χ2v) is 2.85. The van der Waals surface area contributed by atoms with Crippen molar-refractivity contribution in [2.75, 3.05) is 0 Å². The highest BCUT2D eigenvalue weighted by Crippen LogP contribution is 2.16. The lowest BCUT2D eigenvalue weighted by atomic mass is 10.1. The quantitative estimate of drug-likeness (QED) is 0.555. The number of amides is 1. The molecule has 1 heterocycles. The van der Waals surface area contributed by atoms with Crippen molar-refractivity contribution in [1.82, 2.24) is 0 Å². The SMILES string of the molecule is CC1(C)C=CC(C(N)=O)=N1. The number of rotatable bonds is 1. The second kappa shape index (κ2) is 1.94. The summed E-state index contributed by atoms with van der Waals surface area (Å²) in [7, 11) is 0. The molecule has 1 amide bonds. The van der Waals surface area contributed by atoms with Gasteiger partial charge in [0, 0.05) is 0 Å². The molecule has 0 fully saturated rings. The molecule has 1 aliphatic heterocycles. The smallest absolute Gasteiger partial charge is 0.266 e. The Balaban J connectivity index is 2.88. The predicted molar refractivity (Wildman–Crippen MR) is 39.8 cm³/mol. The number of hydrogen-bond acceptors (Lipinski definition) is 2. The van der Waals surface area contributed by atoms with Gasteiger partial charge < -0.3 is 5.73 Å². The number of carbonyl (C=O) groups excluding carboxylic acids is 1. The Kier molecular flexibility index (Phi) is 1.35. The van der Waals surface area contributed by atoms with E-state index >= 15 is 0 Å². The summed E-state index contributed by atoms with van der Waals surface area (Å²) in [5, 5.41) is 0. The van der Waals surface area contributed by atoms with Crippen molar-refractivity contribution in [2.24, 2.45) is 10.7 Å². The number of hydrogen-bond donors (Lipinski definition) is 1. The predicted octanol–water partition coefficient (Wildman–Crippen LogP) is 0.261. The van der Waals surface area contributed by atoms with Gasteiger partial charge in [0.1, 0.15) is 5.71 Å². The third-order valence-electron chi connectivity index (χ3n) is 1.31. The topological polar surface area (TPSA) is 55.5 Å². The van der Waals surface area contributed by atoms with E-state index in [-0.39, 0.29) is 5.54 Å². The maximum absolute atomic E-state index is 10.5. The fourth-order valence-electron chi connectivity index (χ4n) is 0.805. The lowest BCUT2D eigenvalue weighted by Crippen LogP contribution is -2.21. The van der Waals surface area contributed by atoms with E-state index in [4.69, 9.17) is 5.73 Å². The number of carbonyl (C=O) groups is 1. The summed E-state index contributed by atoms with van der Waals surface area (Å²) in [6, 6.07) is 0. The summed E-state index contributed by atoms with van der Waals surface area (Å²) >= 11 is 0. The minimum absolute atomic E-state index is 0.246. The van der Waals surface area contributed by atoms with Gasteiger partial charge in [-0.05, 0) is 19.9 Å². The monoisotopic (exact) mass is 138 g/mol. The Hall–Kier alpha value is -1.12. The van der Waals surface area contributed by atoms with Gasteiger partial charge in [-0.1, -0.05) is 6.08 Å². The molecule has 0 aliphatic carbocycles. The molecular weight excluding hydrogens is 128 g/mol. The molecule has 0 aromatic heterocycles.